The van der Waals surface area contributed by atoms with Crippen LogP contribution in [0.5, 0.6) is 0 Å². The van der Waals surface area contributed by atoms with Crippen LogP contribution in [0.25, 0.3) is 5.69 Å². The highest BCUT2D eigenvalue weighted by Gasteiger charge is 2.51. The lowest BCUT2D eigenvalue weighted by Gasteiger charge is -2.38. The highest BCUT2D eigenvalue weighted by atomic mass is 19.4. The summed E-state index contributed by atoms with van der Waals surface area (Å²) < 4.78 is 38.3. The number of hydrogen-bond donors (Lipinski definition) is 1. The van der Waals surface area contributed by atoms with Gasteiger partial charge in [-0.2, -0.15) is 28.2 Å². The maximum atomic E-state index is 13.6. The Kier molecular flexibility index (Phi) is 4.83. The van der Waals surface area contributed by atoms with Crippen molar-refractivity contribution in [3.63, 3.8) is 0 Å². The van der Waals surface area contributed by atoms with Gasteiger partial charge in [0.2, 0.25) is 5.95 Å². The molecule has 5 rings (SSSR count). The molecule has 0 radical (unpaired) electrons. The summed E-state index contributed by atoms with van der Waals surface area (Å²) in [6.07, 6.45) is 1.75. The van der Waals surface area contributed by atoms with E-state index in [-0.39, 0.29) is 35.9 Å². The normalized spacial score (nSPS) is 24.7. The third kappa shape index (κ3) is 3.47. The van der Waals surface area contributed by atoms with E-state index in [0.29, 0.717) is 11.3 Å². The number of anilines is 1. The lowest BCUT2D eigenvalue weighted by molar-refractivity contribution is -0.138. The van der Waals surface area contributed by atoms with Crippen molar-refractivity contribution in [2.45, 2.75) is 44.1 Å². The molecule has 1 aliphatic heterocycles. The zero-order valence-corrected chi connectivity index (χ0v) is 17.1. The van der Waals surface area contributed by atoms with Crippen LogP contribution in [-0.2, 0) is 6.18 Å². The van der Waals surface area contributed by atoms with Crippen molar-refractivity contribution in [3.8, 4) is 5.69 Å². The number of carbonyl (C=O) groups is 1. The van der Waals surface area contributed by atoms with E-state index in [4.69, 9.17) is 0 Å². The molecule has 2 aliphatic rings. The Morgan fingerprint density at radius 3 is 2.44 bits per heavy atom. The lowest BCUT2D eigenvalue weighted by atomic mass is 9.97. The van der Waals surface area contributed by atoms with Crippen molar-refractivity contribution in [2.75, 3.05) is 5.32 Å². The summed E-state index contributed by atoms with van der Waals surface area (Å²) in [5.74, 6) is 0.278. The molecule has 32 heavy (non-hydrogen) atoms. The Morgan fingerprint density at radius 1 is 1.09 bits per heavy atom. The molecule has 0 unspecified atom stereocenters. The standard InChI is InChI=1S/C21H20F3N7O/c1-12-13-8-16(29-20-25-10-14(11-26-20)21(22,23)24)18(9-13)30(12)19(32)15-4-2-3-5-17(15)31-27-6-7-28-31/h2-7,10-13,16,18H,8-9H2,1H3,(H,25,26,29)/t12-,13-,16-,18+/m1/s1. The second kappa shape index (κ2) is 7.57. The number of likely N-dealkylation sites (tertiary alicyclic amines) is 1. The SMILES string of the molecule is C[C@@H]1[C@@H]2C[C@@H](Nc3ncc(C(F)(F)F)cn3)[C@H](C2)N1C(=O)c1ccccc1-n1nccn1. The molecular weight excluding hydrogens is 423 g/mol. The molecule has 166 valence electrons. The predicted molar refractivity (Wildman–Crippen MR) is 108 cm³/mol. The van der Waals surface area contributed by atoms with Gasteiger partial charge in [-0.15, -0.1) is 0 Å². The molecule has 1 saturated carbocycles. The molecule has 1 aliphatic carbocycles. The van der Waals surface area contributed by atoms with E-state index in [1.54, 1.807) is 30.6 Å². The van der Waals surface area contributed by atoms with E-state index >= 15 is 0 Å². The number of fused-ring (bicyclic) bond motifs is 2. The van der Waals surface area contributed by atoms with Gasteiger partial charge in [0, 0.05) is 24.5 Å². The number of rotatable bonds is 4. The number of carbonyl (C=O) groups excluding carboxylic acids is 1. The first-order valence-electron chi connectivity index (χ1n) is 10.3. The van der Waals surface area contributed by atoms with Crippen molar-refractivity contribution >= 4 is 11.9 Å². The van der Waals surface area contributed by atoms with Crippen molar-refractivity contribution < 1.29 is 18.0 Å². The van der Waals surface area contributed by atoms with E-state index in [9.17, 15) is 18.0 Å². The second-order valence-electron chi connectivity index (χ2n) is 8.13. The molecule has 8 nitrogen and oxygen atoms in total. The van der Waals surface area contributed by atoms with Gasteiger partial charge < -0.3 is 10.2 Å². The lowest BCUT2D eigenvalue weighted by Crippen LogP contribution is -2.51. The fraction of sp³-hybridized carbons (Fsp3) is 0.381. The number of piperidine rings is 1. The van der Waals surface area contributed by atoms with E-state index in [2.05, 4.69) is 25.5 Å². The van der Waals surface area contributed by atoms with Crippen LogP contribution in [0.2, 0.25) is 0 Å². The number of para-hydroxylation sites is 1. The summed E-state index contributed by atoms with van der Waals surface area (Å²) in [6.45, 7) is 2.03. The zero-order chi connectivity index (χ0) is 22.5. The first-order chi connectivity index (χ1) is 15.3. The molecule has 1 N–H and O–H groups in total. The van der Waals surface area contributed by atoms with Gasteiger partial charge in [-0.1, -0.05) is 12.1 Å². The predicted octanol–water partition coefficient (Wildman–Crippen LogP) is 3.18. The summed E-state index contributed by atoms with van der Waals surface area (Å²) in [4.78, 5) is 24.5. The van der Waals surface area contributed by atoms with E-state index in [0.717, 1.165) is 25.2 Å². The Bertz CT molecular complexity index is 1120. The topological polar surface area (TPSA) is 88.8 Å². The van der Waals surface area contributed by atoms with Crippen molar-refractivity contribution in [1.29, 1.82) is 0 Å². The number of amides is 1. The zero-order valence-electron chi connectivity index (χ0n) is 17.1. The molecule has 4 atom stereocenters. The number of aromatic nitrogens is 5. The minimum atomic E-state index is -4.49. The van der Waals surface area contributed by atoms with Gasteiger partial charge in [-0.25, -0.2) is 9.97 Å². The number of alkyl halides is 3. The molecule has 2 aromatic heterocycles. The maximum Gasteiger partial charge on any atom is 0.419 e. The van der Waals surface area contributed by atoms with Crippen LogP contribution in [0, 0.1) is 5.92 Å². The van der Waals surface area contributed by atoms with Crippen LogP contribution in [-0.4, -0.2) is 53.9 Å². The molecule has 3 aromatic rings. The first kappa shape index (κ1) is 20.4. The van der Waals surface area contributed by atoms with Gasteiger partial charge in [-0.3, -0.25) is 4.79 Å². The third-order valence-corrected chi connectivity index (χ3v) is 6.34. The average Bonchev–Trinajstić information content (AvgIpc) is 3.50. The van der Waals surface area contributed by atoms with Gasteiger partial charge >= 0.3 is 6.18 Å². The smallest absolute Gasteiger partial charge is 0.349 e. The van der Waals surface area contributed by atoms with Gasteiger partial charge in [-0.05, 0) is 37.8 Å². The number of benzene rings is 1. The fourth-order valence-electron chi connectivity index (χ4n) is 4.80. The largest absolute Gasteiger partial charge is 0.419 e. The molecule has 11 heteroatoms. The Labute approximate surface area is 181 Å². The highest BCUT2D eigenvalue weighted by Crippen LogP contribution is 2.44. The van der Waals surface area contributed by atoms with Crippen LogP contribution >= 0.6 is 0 Å². The Balaban J connectivity index is 1.38. The number of hydrogen-bond acceptors (Lipinski definition) is 6. The molecule has 1 saturated heterocycles. The molecule has 3 heterocycles. The fourth-order valence-corrected chi connectivity index (χ4v) is 4.80. The molecule has 0 spiro atoms. The number of halogens is 3. The molecule has 1 amide bonds. The molecular formula is C21H20F3N7O. The Morgan fingerprint density at radius 2 is 1.78 bits per heavy atom. The van der Waals surface area contributed by atoms with Crippen LogP contribution in [0.4, 0.5) is 19.1 Å². The van der Waals surface area contributed by atoms with Gasteiger partial charge in [0.1, 0.15) is 0 Å². The molecule has 1 aromatic carbocycles. The van der Waals surface area contributed by atoms with Crippen molar-refractivity contribution in [1.82, 2.24) is 29.9 Å². The van der Waals surface area contributed by atoms with Gasteiger partial charge in [0.05, 0.1) is 35.2 Å². The maximum absolute atomic E-state index is 13.6. The minimum Gasteiger partial charge on any atom is -0.349 e. The average molecular weight is 443 g/mol. The molecule has 2 bridgehead atoms. The van der Waals surface area contributed by atoms with Gasteiger partial charge in [0.15, 0.2) is 0 Å². The quantitative estimate of drug-likeness (QED) is 0.666. The van der Waals surface area contributed by atoms with E-state index in [1.807, 2.05) is 17.9 Å². The third-order valence-electron chi connectivity index (χ3n) is 6.34. The second-order valence-corrected chi connectivity index (χ2v) is 8.13. The van der Waals surface area contributed by atoms with Gasteiger partial charge in [0.25, 0.3) is 5.91 Å². The summed E-state index contributed by atoms with van der Waals surface area (Å²) in [5.41, 5.74) is 0.186. The monoisotopic (exact) mass is 443 g/mol. The van der Waals surface area contributed by atoms with Crippen molar-refractivity contribution in [2.24, 2.45) is 5.92 Å². The summed E-state index contributed by atoms with van der Waals surface area (Å²) >= 11 is 0. The summed E-state index contributed by atoms with van der Waals surface area (Å²) in [7, 11) is 0. The van der Waals surface area contributed by atoms with Crippen molar-refractivity contribution in [3.05, 3.63) is 60.2 Å². The summed E-state index contributed by atoms with van der Waals surface area (Å²) in [5, 5.41) is 11.4. The minimum absolute atomic E-state index is 0.0395. The van der Waals surface area contributed by atoms with Crippen LogP contribution < -0.4 is 5.32 Å². The highest BCUT2D eigenvalue weighted by molar-refractivity contribution is 5.98. The number of nitrogens with zero attached hydrogens (tertiary/aromatic N) is 6. The van der Waals surface area contributed by atoms with Crippen LogP contribution in [0.3, 0.4) is 0 Å². The van der Waals surface area contributed by atoms with E-state index < -0.39 is 11.7 Å². The van der Waals surface area contributed by atoms with E-state index in [1.165, 1.54) is 4.80 Å². The van der Waals surface area contributed by atoms with Crippen LogP contribution in [0.15, 0.2) is 49.1 Å². The Hall–Kier alpha value is -3.50. The first-order valence-corrected chi connectivity index (χ1v) is 10.3. The molecule has 2 fully saturated rings. The summed E-state index contributed by atoms with van der Waals surface area (Å²) in [6, 6.07) is 6.93. The number of nitrogens with one attached hydrogen (secondary N) is 1. The van der Waals surface area contributed by atoms with Crippen LogP contribution in [0.1, 0.15) is 35.7 Å².